The van der Waals surface area contributed by atoms with Crippen LogP contribution in [0, 0.1) is 6.92 Å². The van der Waals surface area contributed by atoms with Gasteiger partial charge in [0.15, 0.2) is 0 Å². The Bertz CT molecular complexity index is 829. The summed E-state index contributed by atoms with van der Waals surface area (Å²) in [6, 6.07) is 14.4. The van der Waals surface area contributed by atoms with Gasteiger partial charge in [0.2, 0.25) is 5.95 Å². The Morgan fingerprint density at radius 1 is 1.00 bits per heavy atom. The van der Waals surface area contributed by atoms with Gasteiger partial charge < -0.3 is 16.2 Å². The molecule has 5 nitrogen and oxygen atoms in total. The van der Waals surface area contributed by atoms with Gasteiger partial charge in [0.1, 0.15) is 11.6 Å². The molecular weight excluding hydrogens is 312 g/mol. The van der Waals surface area contributed by atoms with Crippen molar-refractivity contribution in [1.82, 2.24) is 9.97 Å². The first-order chi connectivity index (χ1) is 11.0. The third kappa shape index (κ3) is 3.70. The molecule has 0 radical (unpaired) electrons. The van der Waals surface area contributed by atoms with Gasteiger partial charge in [-0.3, -0.25) is 0 Å². The quantitative estimate of drug-likeness (QED) is 0.673. The van der Waals surface area contributed by atoms with E-state index >= 15 is 0 Å². The van der Waals surface area contributed by atoms with E-state index < -0.39 is 0 Å². The summed E-state index contributed by atoms with van der Waals surface area (Å²) in [5, 5.41) is 13.2. The fourth-order valence-corrected chi connectivity index (χ4v) is 2.52. The van der Waals surface area contributed by atoms with E-state index in [0.29, 0.717) is 10.8 Å². The molecule has 4 N–H and O–H groups in total. The first-order valence-corrected chi connectivity index (χ1v) is 7.35. The molecule has 3 rings (SSSR count). The number of phenolic OH excluding ortho intramolecular Hbond substituents is 1. The Kier molecular flexibility index (Phi) is 4.04. The molecule has 1 aromatic heterocycles. The Morgan fingerprint density at radius 3 is 2.43 bits per heavy atom. The van der Waals surface area contributed by atoms with Crippen LogP contribution in [0.1, 0.15) is 5.69 Å². The number of rotatable bonds is 3. The lowest BCUT2D eigenvalue weighted by molar-refractivity contribution is 0.475. The first kappa shape index (κ1) is 15.1. The summed E-state index contributed by atoms with van der Waals surface area (Å²) in [6.07, 6.45) is 0. The number of nitrogens with two attached hydrogens (primary N) is 1. The molecule has 0 atom stereocenters. The van der Waals surface area contributed by atoms with Crippen molar-refractivity contribution in [2.45, 2.75) is 6.92 Å². The average Bonchev–Trinajstić information content (AvgIpc) is 2.46. The standard InChI is InChI=1S/C17H15ClN4O/c1-10-6-16(22-17(19)20-10)21-14-8-12(7-13(18)9-14)11-2-4-15(23)5-3-11/h2-9,23H,1H3,(H3,19,20,21,22). The molecule has 0 spiro atoms. The summed E-state index contributed by atoms with van der Waals surface area (Å²) >= 11 is 6.21. The first-order valence-electron chi connectivity index (χ1n) is 6.98. The van der Waals surface area contributed by atoms with Gasteiger partial charge in [0, 0.05) is 22.5 Å². The van der Waals surface area contributed by atoms with Crippen molar-refractivity contribution in [2.75, 3.05) is 11.1 Å². The molecule has 6 heteroatoms. The van der Waals surface area contributed by atoms with E-state index in [-0.39, 0.29) is 11.7 Å². The van der Waals surface area contributed by atoms with E-state index in [0.717, 1.165) is 22.5 Å². The van der Waals surface area contributed by atoms with Crippen LogP contribution in [0.2, 0.25) is 5.02 Å². The highest BCUT2D eigenvalue weighted by atomic mass is 35.5. The molecule has 0 aliphatic heterocycles. The topological polar surface area (TPSA) is 84.1 Å². The lowest BCUT2D eigenvalue weighted by Gasteiger charge is -2.10. The summed E-state index contributed by atoms with van der Waals surface area (Å²) in [4.78, 5) is 8.20. The third-order valence-electron chi connectivity index (χ3n) is 3.24. The second-order valence-corrected chi connectivity index (χ2v) is 5.59. The number of halogens is 1. The second-order valence-electron chi connectivity index (χ2n) is 5.15. The molecule has 0 unspecified atom stereocenters. The molecule has 0 saturated heterocycles. The Labute approximate surface area is 138 Å². The molecular formula is C17H15ClN4O. The molecule has 0 amide bonds. The van der Waals surface area contributed by atoms with E-state index in [2.05, 4.69) is 15.3 Å². The fraction of sp³-hybridized carbons (Fsp3) is 0.0588. The minimum atomic E-state index is 0.216. The van der Waals surface area contributed by atoms with Crippen LogP contribution < -0.4 is 11.1 Å². The van der Waals surface area contributed by atoms with Crippen molar-refractivity contribution in [3.05, 3.63) is 59.2 Å². The van der Waals surface area contributed by atoms with Crippen LogP contribution in [0.4, 0.5) is 17.5 Å². The molecule has 3 aromatic rings. The summed E-state index contributed by atoms with van der Waals surface area (Å²) in [6.45, 7) is 1.85. The SMILES string of the molecule is Cc1cc(Nc2cc(Cl)cc(-c3ccc(O)cc3)c2)nc(N)n1. The maximum Gasteiger partial charge on any atom is 0.222 e. The van der Waals surface area contributed by atoms with Crippen LogP contribution >= 0.6 is 11.6 Å². The van der Waals surface area contributed by atoms with E-state index in [4.69, 9.17) is 17.3 Å². The van der Waals surface area contributed by atoms with Gasteiger partial charge in [-0.15, -0.1) is 0 Å². The number of benzene rings is 2. The van der Waals surface area contributed by atoms with E-state index in [1.165, 1.54) is 0 Å². The zero-order chi connectivity index (χ0) is 16.4. The molecule has 0 saturated carbocycles. The maximum absolute atomic E-state index is 9.40. The third-order valence-corrected chi connectivity index (χ3v) is 3.46. The van der Waals surface area contributed by atoms with Gasteiger partial charge in [-0.2, -0.15) is 4.98 Å². The minimum absolute atomic E-state index is 0.216. The van der Waals surface area contributed by atoms with Crippen LogP contribution in [0.25, 0.3) is 11.1 Å². The van der Waals surface area contributed by atoms with Crippen LogP contribution in [0.15, 0.2) is 48.5 Å². The Balaban J connectivity index is 1.95. The van der Waals surface area contributed by atoms with E-state index in [9.17, 15) is 5.11 Å². The Hall–Kier alpha value is -2.79. The van der Waals surface area contributed by atoms with E-state index in [1.807, 2.05) is 31.2 Å². The van der Waals surface area contributed by atoms with Gasteiger partial charge in [-0.25, -0.2) is 4.98 Å². The van der Waals surface area contributed by atoms with Crippen molar-refractivity contribution < 1.29 is 5.11 Å². The molecule has 116 valence electrons. The minimum Gasteiger partial charge on any atom is -0.508 e. The molecule has 0 aliphatic carbocycles. The van der Waals surface area contributed by atoms with Crippen molar-refractivity contribution >= 4 is 29.1 Å². The molecule has 23 heavy (non-hydrogen) atoms. The van der Waals surface area contributed by atoms with Crippen molar-refractivity contribution in [1.29, 1.82) is 0 Å². The summed E-state index contributed by atoms with van der Waals surface area (Å²) in [5.74, 6) is 1.04. The van der Waals surface area contributed by atoms with Gasteiger partial charge in [0.05, 0.1) is 0 Å². The number of phenols is 1. The predicted molar refractivity (Wildman–Crippen MR) is 93.0 cm³/mol. The van der Waals surface area contributed by atoms with Crippen molar-refractivity contribution in [3.63, 3.8) is 0 Å². The fourth-order valence-electron chi connectivity index (χ4n) is 2.29. The zero-order valence-corrected chi connectivity index (χ0v) is 13.2. The summed E-state index contributed by atoms with van der Waals surface area (Å²) in [7, 11) is 0. The average molecular weight is 327 g/mol. The van der Waals surface area contributed by atoms with Gasteiger partial charge >= 0.3 is 0 Å². The van der Waals surface area contributed by atoms with Crippen LogP contribution in [-0.4, -0.2) is 15.1 Å². The lowest BCUT2D eigenvalue weighted by Crippen LogP contribution is -2.01. The van der Waals surface area contributed by atoms with Crippen molar-refractivity contribution in [3.8, 4) is 16.9 Å². The summed E-state index contributed by atoms with van der Waals surface area (Å²) < 4.78 is 0. The molecule has 2 aromatic carbocycles. The predicted octanol–water partition coefficient (Wildman–Crippen LogP) is 4.14. The van der Waals surface area contributed by atoms with Gasteiger partial charge in [-0.1, -0.05) is 23.7 Å². The van der Waals surface area contributed by atoms with Crippen molar-refractivity contribution in [2.24, 2.45) is 0 Å². The van der Waals surface area contributed by atoms with Crippen LogP contribution in [0.5, 0.6) is 5.75 Å². The molecule has 1 heterocycles. The van der Waals surface area contributed by atoms with E-state index in [1.54, 1.807) is 24.3 Å². The zero-order valence-electron chi connectivity index (χ0n) is 12.4. The lowest BCUT2D eigenvalue weighted by atomic mass is 10.0. The number of aryl methyl sites for hydroxylation is 1. The van der Waals surface area contributed by atoms with Gasteiger partial charge in [0.25, 0.3) is 0 Å². The van der Waals surface area contributed by atoms with Gasteiger partial charge in [-0.05, 0) is 48.4 Å². The smallest absolute Gasteiger partial charge is 0.222 e. The number of anilines is 3. The normalized spacial score (nSPS) is 10.5. The maximum atomic E-state index is 9.40. The number of hydrogen-bond acceptors (Lipinski definition) is 5. The highest BCUT2D eigenvalue weighted by Crippen LogP contribution is 2.29. The number of aromatic nitrogens is 2. The number of aromatic hydroxyl groups is 1. The molecule has 0 fully saturated rings. The molecule has 0 aliphatic rings. The highest BCUT2D eigenvalue weighted by molar-refractivity contribution is 6.31. The van der Waals surface area contributed by atoms with Crippen LogP contribution in [-0.2, 0) is 0 Å². The Morgan fingerprint density at radius 2 is 1.74 bits per heavy atom. The monoisotopic (exact) mass is 326 g/mol. The number of nitrogen functional groups attached to an aromatic ring is 1. The number of hydrogen-bond donors (Lipinski definition) is 3. The highest BCUT2D eigenvalue weighted by Gasteiger charge is 2.05. The number of nitrogens with zero attached hydrogens (tertiary/aromatic N) is 2. The van der Waals surface area contributed by atoms with Crippen LogP contribution in [0.3, 0.4) is 0 Å². The summed E-state index contributed by atoms with van der Waals surface area (Å²) in [5.41, 5.74) is 9.11. The largest absolute Gasteiger partial charge is 0.508 e. The number of nitrogens with one attached hydrogen (secondary N) is 1. The molecule has 0 bridgehead atoms. The second kappa shape index (κ2) is 6.14.